The van der Waals surface area contributed by atoms with Gasteiger partial charge in [0, 0.05) is 13.0 Å². The van der Waals surface area contributed by atoms with E-state index in [0.717, 1.165) is 30.6 Å². The van der Waals surface area contributed by atoms with Gasteiger partial charge >= 0.3 is 0 Å². The molecule has 3 amide bonds. The second kappa shape index (κ2) is 7.42. The van der Waals surface area contributed by atoms with Gasteiger partial charge in [-0.25, -0.2) is 0 Å². The molecule has 0 aliphatic carbocycles. The number of nitrogens with one attached hydrogen (secondary N) is 2. The van der Waals surface area contributed by atoms with Crippen LogP contribution in [0.3, 0.4) is 0 Å². The fourth-order valence-corrected chi connectivity index (χ4v) is 2.98. The Labute approximate surface area is 131 Å². The zero-order chi connectivity index (χ0) is 15.2. The summed E-state index contributed by atoms with van der Waals surface area (Å²) in [6.07, 6.45) is 3.25. The lowest BCUT2D eigenvalue weighted by molar-refractivity contribution is -0.135. The van der Waals surface area contributed by atoms with Gasteiger partial charge in [-0.1, -0.05) is 18.0 Å². The third kappa shape index (κ3) is 4.71. The van der Waals surface area contributed by atoms with Crippen molar-refractivity contribution in [3.8, 4) is 0 Å². The fourth-order valence-electron chi connectivity index (χ4n) is 2.04. The molecule has 0 bridgehead atoms. The van der Waals surface area contributed by atoms with Crippen molar-refractivity contribution in [2.24, 2.45) is 0 Å². The highest BCUT2D eigenvalue weighted by Gasteiger charge is 2.19. The number of hydrogen-bond donors (Lipinski definition) is 2. The van der Waals surface area contributed by atoms with Crippen LogP contribution in [0.5, 0.6) is 0 Å². The van der Waals surface area contributed by atoms with E-state index in [2.05, 4.69) is 10.9 Å². The normalized spacial score (nSPS) is 15.5. The van der Waals surface area contributed by atoms with Gasteiger partial charge < -0.3 is 4.90 Å². The minimum atomic E-state index is -0.428. The molecule has 2 heterocycles. The fraction of sp³-hybridized carbons (Fsp3) is 0.462. The molecule has 2 rings (SSSR count). The van der Waals surface area contributed by atoms with E-state index in [0.29, 0.717) is 22.2 Å². The van der Waals surface area contributed by atoms with Crippen LogP contribution in [0.4, 0.5) is 0 Å². The van der Waals surface area contributed by atoms with Crippen molar-refractivity contribution in [2.45, 2.75) is 25.7 Å². The summed E-state index contributed by atoms with van der Waals surface area (Å²) >= 11 is 6.86. The average molecular weight is 330 g/mol. The van der Waals surface area contributed by atoms with Crippen molar-refractivity contribution >= 4 is 40.7 Å². The smallest absolute Gasteiger partial charge is 0.279 e. The largest absolute Gasteiger partial charge is 0.333 e. The summed E-state index contributed by atoms with van der Waals surface area (Å²) in [4.78, 5) is 37.2. The summed E-state index contributed by atoms with van der Waals surface area (Å²) in [5, 5.41) is 0. The second-order valence-corrected chi connectivity index (χ2v) is 6.45. The van der Waals surface area contributed by atoms with Crippen LogP contribution < -0.4 is 10.9 Å². The summed E-state index contributed by atoms with van der Waals surface area (Å²) in [6.45, 7) is 0.547. The summed E-state index contributed by atoms with van der Waals surface area (Å²) in [7, 11) is 0. The Kier molecular flexibility index (Phi) is 5.58. The van der Waals surface area contributed by atoms with Gasteiger partial charge in [0.25, 0.3) is 11.8 Å². The first-order valence-electron chi connectivity index (χ1n) is 6.68. The van der Waals surface area contributed by atoms with Crippen molar-refractivity contribution in [3.05, 3.63) is 21.3 Å². The predicted molar refractivity (Wildman–Crippen MR) is 80.0 cm³/mol. The number of halogens is 1. The molecule has 0 spiro atoms. The Morgan fingerprint density at radius 1 is 1.24 bits per heavy atom. The van der Waals surface area contributed by atoms with Gasteiger partial charge in [0.15, 0.2) is 0 Å². The van der Waals surface area contributed by atoms with Gasteiger partial charge in [0.2, 0.25) is 5.91 Å². The van der Waals surface area contributed by atoms with Gasteiger partial charge in [-0.3, -0.25) is 25.2 Å². The molecule has 0 aromatic carbocycles. The number of nitrogens with zero attached hydrogens (tertiary/aromatic N) is 1. The van der Waals surface area contributed by atoms with Crippen LogP contribution in [0.2, 0.25) is 4.34 Å². The van der Waals surface area contributed by atoms with Crippen LogP contribution >= 0.6 is 22.9 Å². The monoisotopic (exact) mass is 329 g/mol. The van der Waals surface area contributed by atoms with Crippen molar-refractivity contribution in [3.63, 3.8) is 0 Å². The Morgan fingerprint density at radius 2 is 2.05 bits per heavy atom. The first kappa shape index (κ1) is 15.8. The molecule has 1 aliphatic rings. The Balaban J connectivity index is 1.79. The predicted octanol–water partition coefficient (Wildman–Crippen LogP) is 1.57. The molecule has 21 heavy (non-hydrogen) atoms. The molecule has 8 heteroatoms. The Morgan fingerprint density at radius 3 is 2.76 bits per heavy atom. The van der Waals surface area contributed by atoms with E-state index in [1.54, 1.807) is 12.1 Å². The minimum absolute atomic E-state index is 0.0148. The summed E-state index contributed by atoms with van der Waals surface area (Å²) < 4.78 is 0.502. The number of rotatable bonds is 3. The van der Waals surface area contributed by atoms with Crippen LogP contribution in [0.1, 0.15) is 35.4 Å². The van der Waals surface area contributed by atoms with Crippen molar-refractivity contribution in [1.29, 1.82) is 0 Å². The van der Waals surface area contributed by atoms with E-state index in [9.17, 15) is 14.4 Å². The third-order valence-electron chi connectivity index (χ3n) is 3.12. The number of hydrogen-bond acceptors (Lipinski definition) is 4. The van der Waals surface area contributed by atoms with Crippen molar-refractivity contribution in [1.82, 2.24) is 15.8 Å². The highest BCUT2D eigenvalue weighted by molar-refractivity contribution is 7.17. The van der Waals surface area contributed by atoms with Crippen LogP contribution in [0.25, 0.3) is 0 Å². The van der Waals surface area contributed by atoms with Gasteiger partial charge in [-0.15, -0.1) is 11.3 Å². The minimum Gasteiger partial charge on any atom is -0.333 e. The van der Waals surface area contributed by atoms with Gasteiger partial charge in [0.05, 0.1) is 9.21 Å². The number of amides is 3. The van der Waals surface area contributed by atoms with E-state index in [4.69, 9.17) is 11.6 Å². The maximum Gasteiger partial charge on any atom is 0.279 e. The molecule has 0 atom stereocenters. The lowest BCUT2D eigenvalue weighted by Gasteiger charge is -2.19. The Hall–Kier alpha value is -1.60. The van der Waals surface area contributed by atoms with Crippen molar-refractivity contribution < 1.29 is 14.4 Å². The first-order chi connectivity index (χ1) is 10.1. The first-order valence-corrected chi connectivity index (χ1v) is 7.88. The average Bonchev–Trinajstić information content (AvgIpc) is 2.79. The van der Waals surface area contributed by atoms with Gasteiger partial charge in [0.1, 0.15) is 6.54 Å². The molecule has 0 unspecified atom stereocenters. The van der Waals surface area contributed by atoms with Crippen molar-refractivity contribution in [2.75, 3.05) is 13.1 Å². The highest BCUT2D eigenvalue weighted by Crippen LogP contribution is 2.20. The van der Waals surface area contributed by atoms with E-state index in [-0.39, 0.29) is 12.5 Å². The van der Waals surface area contributed by atoms with Crippen LogP contribution in [-0.2, 0) is 9.59 Å². The zero-order valence-corrected chi connectivity index (χ0v) is 12.9. The molecular weight excluding hydrogens is 314 g/mol. The molecule has 6 nitrogen and oxygen atoms in total. The van der Waals surface area contributed by atoms with Crippen LogP contribution in [0, 0.1) is 0 Å². The highest BCUT2D eigenvalue weighted by atomic mass is 35.5. The molecule has 1 aliphatic heterocycles. The summed E-state index contributed by atoms with van der Waals surface area (Å²) in [5.41, 5.74) is 4.62. The summed E-state index contributed by atoms with van der Waals surface area (Å²) in [5.74, 6) is -0.859. The number of carbonyl (C=O) groups is 3. The van der Waals surface area contributed by atoms with Gasteiger partial charge in [-0.05, 0) is 25.0 Å². The second-order valence-electron chi connectivity index (χ2n) is 4.73. The summed E-state index contributed by atoms with van der Waals surface area (Å²) in [6, 6.07) is 3.19. The molecule has 114 valence electrons. The molecule has 0 saturated carbocycles. The number of thiophene rings is 1. The quantitative estimate of drug-likeness (QED) is 0.826. The molecule has 1 fully saturated rings. The lowest BCUT2D eigenvalue weighted by Crippen LogP contribution is -2.47. The van der Waals surface area contributed by atoms with E-state index in [1.807, 2.05) is 0 Å². The molecule has 1 aromatic heterocycles. The SMILES string of the molecule is O=C(CN1CCCCCC1=O)NNC(=O)c1ccc(Cl)s1. The van der Waals surface area contributed by atoms with E-state index >= 15 is 0 Å². The van der Waals surface area contributed by atoms with Crippen LogP contribution in [0.15, 0.2) is 12.1 Å². The molecule has 1 aromatic rings. The zero-order valence-electron chi connectivity index (χ0n) is 11.4. The maximum absolute atomic E-state index is 11.8. The third-order valence-corrected chi connectivity index (χ3v) is 4.35. The van der Waals surface area contributed by atoms with E-state index in [1.165, 1.54) is 4.90 Å². The number of likely N-dealkylation sites (tertiary alicyclic amines) is 1. The number of carbonyl (C=O) groups excluding carboxylic acids is 3. The van der Waals surface area contributed by atoms with Gasteiger partial charge in [-0.2, -0.15) is 0 Å². The Bertz CT molecular complexity index is 547. The molecule has 0 radical (unpaired) electrons. The topological polar surface area (TPSA) is 78.5 Å². The lowest BCUT2D eigenvalue weighted by atomic mass is 10.2. The molecule has 1 saturated heterocycles. The maximum atomic E-state index is 11.8. The molecule has 2 N–H and O–H groups in total. The standard InChI is InChI=1S/C13H16ClN3O3S/c14-10-6-5-9(21-10)13(20)16-15-11(18)8-17-7-3-1-2-4-12(17)19/h5-6H,1-4,7-8H2,(H,15,18)(H,16,20). The number of hydrazine groups is 1. The van der Waals surface area contributed by atoms with Crippen LogP contribution in [-0.4, -0.2) is 35.7 Å². The van der Waals surface area contributed by atoms with E-state index < -0.39 is 11.8 Å². The molecular formula is C13H16ClN3O3S.